The van der Waals surface area contributed by atoms with E-state index in [1.54, 1.807) is 12.1 Å². The van der Waals surface area contributed by atoms with Crippen molar-refractivity contribution in [1.82, 2.24) is 10.3 Å². The number of carbonyl (C=O) groups is 2. The molecule has 0 saturated carbocycles. The molecule has 1 amide bonds. The average molecular weight is 276 g/mol. The van der Waals surface area contributed by atoms with Gasteiger partial charge in [0.05, 0.1) is 12.1 Å². The first-order valence-corrected chi connectivity index (χ1v) is 6.47. The number of aromatic carboxylic acids is 1. The van der Waals surface area contributed by atoms with Crippen LogP contribution in [-0.4, -0.2) is 22.0 Å². The van der Waals surface area contributed by atoms with Gasteiger partial charge in [-0.2, -0.15) is 0 Å². The Hall–Kier alpha value is -2.21. The minimum absolute atomic E-state index is 0.0951. The van der Waals surface area contributed by atoms with E-state index in [-0.39, 0.29) is 11.5 Å². The van der Waals surface area contributed by atoms with E-state index in [1.165, 1.54) is 23.5 Å². The number of hydrogen-bond donors (Lipinski definition) is 2. The lowest BCUT2D eigenvalue weighted by Crippen LogP contribution is -2.23. The van der Waals surface area contributed by atoms with Crippen LogP contribution in [-0.2, 0) is 6.54 Å². The molecule has 0 spiro atoms. The predicted molar refractivity (Wildman–Crippen MR) is 71.4 cm³/mol. The number of carboxylic acids is 1. The lowest BCUT2D eigenvalue weighted by Gasteiger charge is -2.04. The number of amides is 1. The number of thiazole rings is 1. The van der Waals surface area contributed by atoms with E-state index in [0.29, 0.717) is 12.1 Å². The number of benzene rings is 1. The van der Waals surface area contributed by atoms with Crippen LogP contribution in [0.5, 0.6) is 0 Å². The van der Waals surface area contributed by atoms with E-state index in [4.69, 9.17) is 5.11 Å². The summed E-state index contributed by atoms with van der Waals surface area (Å²) >= 11 is 1.47. The van der Waals surface area contributed by atoms with Crippen molar-refractivity contribution in [1.29, 1.82) is 0 Å². The molecule has 1 aromatic heterocycles. The average Bonchev–Trinajstić information content (AvgIpc) is 2.82. The molecule has 0 aliphatic heterocycles. The predicted octanol–water partition coefficient (Wildman–Crippen LogP) is 2.08. The van der Waals surface area contributed by atoms with Crippen LogP contribution in [0, 0.1) is 6.92 Å². The third-order valence-electron chi connectivity index (χ3n) is 2.44. The van der Waals surface area contributed by atoms with Gasteiger partial charge in [0.2, 0.25) is 0 Å². The van der Waals surface area contributed by atoms with Crippen LogP contribution in [0.4, 0.5) is 0 Å². The number of aryl methyl sites for hydroxylation is 1. The van der Waals surface area contributed by atoms with Gasteiger partial charge in [-0.1, -0.05) is 6.07 Å². The van der Waals surface area contributed by atoms with Gasteiger partial charge in [0.1, 0.15) is 5.01 Å². The Kier molecular flexibility index (Phi) is 3.91. The van der Waals surface area contributed by atoms with Gasteiger partial charge in [0.15, 0.2) is 0 Å². The molecule has 1 aromatic carbocycles. The molecule has 0 bridgehead atoms. The molecule has 2 aromatic rings. The monoisotopic (exact) mass is 276 g/mol. The molecule has 0 aliphatic carbocycles. The summed E-state index contributed by atoms with van der Waals surface area (Å²) in [6.45, 7) is 2.23. The molecule has 6 heteroatoms. The largest absolute Gasteiger partial charge is 0.478 e. The second-order valence-corrected chi connectivity index (χ2v) is 4.89. The third-order valence-corrected chi connectivity index (χ3v) is 3.41. The maximum Gasteiger partial charge on any atom is 0.335 e. The SMILES string of the molecule is Cc1csc(CNC(=O)c2cccc(C(=O)O)c2)n1. The molecule has 0 atom stereocenters. The summed E-state index contributed by atoms with van der Waals surface area (Å²) < 4.78 is 0. The Balaban J connectivity index is 2.03. The summed E-state index contributed by atoms with van der Waals surface area (Å²) in [5.41, 5.74) is 1.34. The molecule has 2 rings (SSSR count). The standard InChI is InChI=1S/C13H12N2O3S/c1-8-7-19-11(15-8)6-14-12(16)9-3-2-4-10(5-9)13(17)18/h2-5,7H,6H2,1H3,(H,14,16)(H,17,18). The fraction of sp³-hybridized carbons (Fsp3) is 0.154. The van der Waals surface area contributed by atoms with Gasteiger partial charge in [-0.15, -0.1) is 11.3 Å². The quantitative estimate of drug-likeness (QED) is 0.896. The Bertz CT molecular complexity index is 622. The summed E-state index contributed by atoms with van der Waals surface area (Å²) in [6, 6.07) is 5.93. The van der Waals surface area contributed by atoms with Crippen molar-refractivity contribution in [2.24, 2.45) is 0 Å². The molecule has 5 nitrogen and oxygen atoms in total. The van der Waals surface area contributed by atoms with E-state index in [2.05, 4.69) is 10.3 Å². The number of rotatable bonds is 4. The maximum absolute atomic E-state index is 11.9. The number of aromatic nitrogens is 1. The number of nitrogens with zero attached hydrogens (tertiary/aromatic N) is 1. The highest BCUT2D eigenvalue weighted by molar-refractivity contribution is 7.09. The second-order valence-electron chi connectivity index (χ2n) is 3.95. The smallest absolute Gasteiger partial charge is 0.335 e. The number of carboxylic acid groups (broad SMARTS) is 1. The van der Waals surface area contributed by atoms with Crippen molar-refractivity contribution < 1.29 is 14.7 Å². The molecule has 1 heterocycles. The lowest BCUT2D eigenvalue weighted by molar-refractivity contribution is 0.0697. The van der Waals surface area contributed by atoms with Gasteiger partial charge in [-0.25, -0.2) is 9.78 Å². The van der Waals surface area contributed by atoms with Crippen LogP contribution in [0.1, 0.15) is 31.4 Å². The number of hydrogen-bond acceptors (Lipinski definition) is 4. The zero-order valence-corrected chi connectivity index (χ0v) is 11.0. The molecule has 0 saturated heterocycles. The highest BCUT2D eigenvalue weighted by Crippen LogP contribution is 2.09. The van der Waals surface area contributed by atoms with Crippen LogP contribution in [0.3, 0.4) is 0 Å². The van der Waals surface area contributed by atoms with Crippen molar-refractivity contribution in [2.45, 2.75) is 13.5 Å². The van der Waals surface area contributed by atoms with E-state index in [1.807, 2.05) is 12.3 Å². The van der Waals surface area contributed by atoms with E-state index in [9.17, 15) is 9.59 Å². The highest BCUT2D eigenvalue weighted by Gasteiger charge is 2.09. The number of carbonyl (C=O) groups excluding carboxylic acids is 1. The van der Waals surface area contributed by atoms with Crippen molar-refractivity contribution in [3.63, 3.8) is 0 Å². The van der Waals surface area contributed by atoms with Crippen molar-refractivity contribution >= 4 is 23.2 Å². The third kappa shape index (κ3) is 3.38. The summed E-state index contributed by atoms with van der Waals surface area (Å²) in [7, 11) is 0. The molecule has 0 radical (unpaired) electrons. The van der Waals surface area contributed by atoms with Crippen LogP contribution in [0.15, 0.2) is 29.6 Å². The first-order chi connectivity index (χ1) is 9.06. The normalized spacial score (nSPS) is 10.2. The van der Waals surface area contributed by atoms with Gasteiger partial charge in [0.25, 0.3) is 5.91 Å². The first-order valence-electron chi connectivity index (χ1n) is 5.59. The van der Waals surface area contributed by atoms with E-state index < -0.39 is 5.97 Å². The zero-order valence-electron chi connectivity index (χ0n) is 10.2. The molecular formula is C13H12N2O3S. The van der Waals surface area contributed by atoms with E-state index >= 15 is 0 Å². The summed E-state index contributed by atoms with van der Waals surface area (Å²) in [4.78, 5) is 26.9. The highest BCUT2D eigenvalue weighted by atomic mass is 32.1. The minimum atomic E-state index is -1.05. The van der Waals surface area contributed by atoms with Crippen LogP contribution in [0.2, 0.25) is 0 Å². The van der Waals surface area contributed by atoms with Gasteiger partial charge in [-0.05, 0) is 25.1 Å². The van der Waals surface area contributed by atoms with Crippen LogP contribution >= 0.6 is 11.3 Å². The molecule has 0 unspecified atom stereocenters. The molecule has 0 fully saturated rings. The van der Waals surface area contributed by atoms with Crippen molar-refractivity contribution in [3.8, 4) is 0 Å². The molecule has 19 heavy (non-hydrogen) atoms. The fourth-order valence-corrected chi connectivity index (χ4v) is 2.25. The summed E-state index contributed by atoms with van der Waals surface area (Å²) in [5.74, 6) is -1.36. The van der Waals surface area contributed by atoms with Crippen LogP contribution in [0.25, 0.3) is 0 Å². The Morgan fingerprint density at radius 2 is 2.11 bits per heavy atom. The molecule has 98 valence electrons. The fourth-order valence-electron chi connectivity index (χ4n) is 1.54. The van der Waals surface area contributed by atoms with Crippen molar-refractivity contribution in [3.05, 3.63) is 51.5 Å². The van der Waals surface area contributed by atoms with E-state index in [0.717, 1.165) is 10.7 Å². The van der Waals surface area contributed by atoms with Crippen LogP contribution < -0.4 is 5.32 Å². The van der Waals surface area contributed by atoms with Gasteiger partial charge in [0, 0.05) is 16.6 Å². The summed E-state index contributed by atoms with van der Waals surface area (Å²) in [6.07, 6.45) is 0. The molecule has 2 N–H and O–H groups in total. The lowest BCUT2D eigenvalue weighted by atomic mass is 10.1. The number of nitrogens with one attached hydrogen (secondary N) is 1. The maximum atomic E-state index is 11.9. The minimum Gasteiger partial charge on any atom is -0.478 e. The van der Waals surface area contributed by atoms with Gasteiger partial charge in [-0.3, -0.25) is 4.79 Å². The topological polar surface area (TPSA) is 79.3 Å². The van der Waals surface area contributed by atoms with Gasteiger partial charge < -0.3 is 10.4 Å². The first kappa shape index (κ1) is 13.2. The van der Waals surface area contributed by atoms with Gasteiger partial charge >= 0.3 is 5.97 Å². The molecular weight excluding hydrogens is 264 g/mol. The Labute approximate surface area is 113 Å². The summed E-state index contributed by atoms with van der Waals surface area (Å²) in [5, 5.41) is 14.3. The molecule has 0 aliphatic rings. The Morgan fingerprint density at radius 3 is 2.74 bits per heavy atom. The zero-order chi connectivity index (χ0) is 13.8. The second kappa shape index (κ2) is 5.62. The Morgan fingerprint density at radius 1 is 1.37 bits per heavy atom. The van der Waals surface area contributed by atoms with Crippen molar-refractivity contribution in [2.75, 3.05) is 0 Å².